The van der Waals surface area contributed by atoms with Gasteiger partial charge in [-0.25, -0.2) is 0 Å². The van der Waals surface area contributed by atoms with Crippen LogP contribution in [0.25, 0.3) is 0 Å². The van der Waals surface area contributed by atoms with Gasteiger partial charge in [-0.1, -0.05) is 54.1 Å². The van der Waals surface area contributed by atoms with Crippen LogP contribution >= 0.6 is 0 Å². The molecule has 0 aromatic heterocycles. The van der Waals surface area contributed by atoms with Gasteiger partial charge in [-0.2, -0.15) is 0 Å². The van der Waals surface area contributed by atoms with E-state index in [9.17, 15) is 4.79 Å². The summed E-state index contributed by atoms with van der Waals surface area (Å²) in [6.07, 6.45) is 8.30. The molecule has 1 aromatic rings. The van der Waals surface area contributed by atoms with Gasteiger partial charge in [-0.15, -0.1) is 0 Å². The fourth-order valence-corrected chi connectivity index (χ4v) is 2.01. The second-order valence-corrected chi connectivity index (χ2v) is 5.02. The third-order valence-electron chi connectivity index (χ3n) is 2.97. The van der Waals surface area contributed by atoms with Crippen LogP contribution in [0.15, 0.2) is 54.1 Å². The number of rotatable bonds is 7. The number of ether oxygens (including phenoxy) is 1. The number of carbonyl (C=O) groups is 1. The Morgan fingerprint density at radius 2 is 2.00 bits per heavy atom. The molecule has 0 radical (unpaired) electrons. The van der Waals surface area contributed by atoms with Gasteiger partial charge in [-0.05, 0) is 32.8 Å². The Hall–Kier alpha value is -1.83. The zero-order chi connectivity index (χ0) is 14.8. The molecule has 0 aliphatic heterocycles. The lowest BCUT2D eigenvalue weighted by Crippen LogP contribution is -2.17. The highest BCUT2D eigenvalue weighted by Crippen LogP contribution is 2.10. The molecule has 1 atom stereocenters. The summed E-state index contributed by atoms with van der Waals surface area (Å²) < 4.78 is 5.43. The topological polar surface area (TPSA) is 26.3 Å². The van der Waals surface area contributed by atoms with Gasteiger partial charge in [0.1, 0.15) is 6.10 Å². The summed E-state index contributed by atoms with van der Waals surface area (Å²) in [7, 11) is 0. The number of carbonyl (C=O) groups excluding carboxylic acids is 1. The molecule has 0 N–H and O–H groups in total. The standard InChI is InChI=1S/C18H24O2/c1-4-5-7-10-15(2)13-16(3)20-18(19)14-17-11-8-6-9-12-17/h4-6,8-12,16H,7,13-14H2,1-3H3/b5-4+,15-10+. The molecule has 20 heavy (non-hydrogen) atoms. The van der Waals surface area contributed by atoms with Crippen molar-refractivity contribution in [2.75, 3.05) is 0 Å². The number of allylic oxidation sites excluding steroid dienone is 3. The lowest BCUT2D eigenvalue weighted by molar-refractivity contribution is -0.147. The molecule has 2 heteroatoms. The molecule has 0 amide bonds. The minimum atomic E-state index is -0.162. The predicted molar refractivity (Wildman–Crippen MR) is 83.5 cm³/mol. The quantitative estimate of drug-likeness (QED) is 0.541. The Morgan fingerprint density at radius 1 is 1.30 bits per heavy atom. The molecule has 2 nitrogen and oxygen atoms in total. The summed E-state index contributed by atoms with van der Waals surface area (Å²) in [4.78, 5) is 11.8. The zero-order valence-corrected chi connectivity index (χ0v) is 12.6. The van der Waals surface area contributed by atoms with Gasteiger partial charge in [0.2, 0.25) is 0 Å². The Kier molecular flexibility index (Phi) is 7.41. The molecule has 0 heterocycles. The van der Waals surface area contributed by atoms with Crippen molar-refractivity contribution in [3.05, 3.63) is 59.7 Å². The summed E-state index contributed by atoms with van der Waals surface area (Å²) in [5.41, 5.74) is 2.24. The molecule has 1 aromatic carbocycles. The number of benzene rings is 1. The van der Waals surface area contributed by atoms with Crippen molar-refractivity contribution < 1.29 is 9.53 Å². The Balaban J connectivity index is 2.36. The summed E-state index contributed by atoms with van der Waals surface area (Å²) in [5.74, 6) is -0.162. The molecular weight excluding hydrogens is 248 g/mol. The van der Waals surface area contributed by atoms with Gasteiger partial charge in [0, 0.05) is 6.42 Å². The van der Waals surface area contributed by atoms with Gasteiger partial charge in [0.05, 0.1) is 6.42 Å². The maximum Gasteiger partial charge on any atom is 0.310 e. The summed E-state index contributed by atoms with van der Waals surface area (Å²) in [6.45, 7) is 6.03. The molecular formula is C18H24O2. The molecule has 0 spiro atoms. The summed E-state index contributed by atoms with van der Waals surface area (Å²) in [6, 6.07) is 9.68. The monoisotopic (exact) mass is 272 g/mol. The average molecular weight is 272 g/mol. The van der Waals surface area contributed by atoms with Crippen molar-refractivity contribution in [2.45, 2.75) is 46.1 Å². The van der Waals surface area contributed by atoms with Crippen LogP contribution in [0.4, 0.5) is 0 Å². The van der Waals surface area contributed by atoms with E-state index in [1.165, 1.54) is 5.57 Å². The van der Waals surface area contributed by atoms with Crippen LogP contribution in [0.5, 0.6) is 0 Å². The SMILES string of the molecule is C/C=C/C/C=C(\C)CC(C)OC(=O)Cc1ccccc1. The first-order chi connectivity index (χ1) is 9.61. The minimum Gasteiger partial charge on any atom is -0.462 e. The maximum atomic E-state index is 11.8. The molecule has 0 fully saturated rings. The van der Waals surface area contributed by atoms with Crippen LogP contribution in [0.1, 0.15) is 39.2 Å². The third-order valence-corrected chi connectivity index (χ3v) is 2.97. The first-order valence-corrected chi connectivity index (χ1v) is 7.12. The first-order valence-electron chi connectivity index (χ1n) is 7.12. The maximum absolute atomic E-state index is 11.8. The summed E-state index contributed by atoms with van der Waals surface area (Å²) >= 11 is 0. The highest BCUT2D eigenvalue weighted by atomic mass is 16.5. The lowest BCUT2D eigenvalue weighted by Gasteiger charge is -2.13. The van der Waals surface area contributed by atoms with Gasteiger partial charge in [0.25, 0.3) is 0 Å². The minimum absolute atomic E-state index is 0.0759. The van der Waals surface area contributed by atoms with E-state index in [1.54, 1.807) is 0 Å². The van der Waals surface area contributed by atoms with Gasteiger partial charge < -0.3 is 4.74 Å². The number of hydrogen-bond acceptors (Lipinski definition) is 2. The van der Waals surface area contributed by atoms with E-state index in [4.69, 9.17) is 4.74 Å². The van der Waals surface area contributed by atoms with Crippen LogP contribution in [0, 0.1) is 0 Å². The van der Waals surface area contributed by atoms with Crippen molar-refractivity contribution in [3.8, 4) is 0 Å². The van der Waals surface area contributed by atoms with Crippen molar-refractivity contribution in [1.82, 2.24) is 0 Å². The van der Waals surface area contributed by atoms with Gasteiger partial charge >= 0.3 is 5.97 Å². The fraction of sp³-hybridized carbons (Fsp3) is 0.389. The van der Waals surface area contributed by atoms with Crippen molar-refractivity contribution in [1.29, 1.82) is 0 Å². The smallest absolute Gasteiger partial charge is 0.310 e. The highest BCUT2D eigenvalue weighted by molar-refractivity contribution is 5.72. The van der Waals surface area contributed by atoms with E-state index in [1.807, 2.05) is 50.3 Å². The molecule has 0 saturated heterocycles. The normalized spacial score (nSPS) is 13.4. The highest BCUT2D eigenvalue weighted by Gasteiger charge is 2.10. The zero-order valence-electron chi connectivity index (χ0n) is 12.6. The van der Waals surface area contributed by atoms with Crippen molar-refractivity contribution in [2.24, 2.45) is 0 Å². The van der Waals surface area contributed by atoms with Crippen LogP contribution in [0.2, 0.25) is 0 Å². The molecule has 1 unspecified atom stereocenters. The van der Waals surface area contributed by atoms with E-state index >= 15 is 0 Å². The Morgan fingerprint density at radius 3 is 2.65 bits per heavy atom. The third kappa shape index (κ3) is 6.93. The summed E-state index contributed by atoms with van der Waals surface area (Å²) in [5, 5.41) is 0. The fourth-order valence-electron chi connectivity index (χ4n) is 2.01. The Bertz CT molecular complexity index is 458. The van der Waals surface area contributed by atoms with E-state index in [-0.39, 0.29) is 12.1 Å². The van der Waals surface area contributed by atoms with Crippen molar-refractivity contribution in [3.63, 3.8) is 0 Å². The van der Waals surface area contributed by atoms with E-state index in [0.717, 1.165) is 18.4 Å². The van der Waals surface area contributed by atoms with Crippen LogP contribution in [0.3, 0.4) is 0 Å². The number of hydrogen-bond donors (Lipinski definition) is 0. The Labute approximate surface area is 122 Å². The largest absolute Gasteiger partial charge is 0.462 e. The van der Waals surface area contributed by atoms with Crippen molar-refractivity contribution >= 4 is 5.97 Å². The van der Waals surface area contributed by atoms with Crippen LogP contribution < -0.4 is 0 Å². The number of esters is 1. The predicted octanol–water partition coefficient (Wildman–Crippen LogP) is 4.46. The van der Waals surface area contributed by atoms with Crippen LogP contribution in [-0.4, -0.2) is 12.1 Å². The first kappa shape index (κ1) is 16.2. The van der Waals surface area contributed by atoms with Gasteiger partial charge in [-0.3, -0.25) is 4.79 Å². The van der Waals surface area contributed by atoms with Gasteiger partial charge in [0.15, 0.2) is 0 Å². The molecule has 0 aliphatic carbocycles. The lowest BCUT2D eigenvalue weighted by atomic mass is 10.1. The van der Waals surface area contributed by atoms with E-state index in [2.05, 4.69) is 19.1 Å². The molecule has 0 aliphatic rings. The molecule has 1 rings (SSSR count). The van der Waals surface area contributed by atoms with Crippen LogP contribution in [-0.2, 0) is 16.0 Å². The second-order valence-electron chi connectivity index (χ2n) is 5.02. The molecule has 108 valence electrons. The average Bonchev–Trinajstić information content (AvgIpc) is 2.39. The second kappa shape index (κ2) is 9.13. The van der Waals surface area contributed by atoms with E-state index < -0.39 is 0 Å². The van der Waals surface area contributed by atoms with E-state index in [0.29, 0.717) is 6.42 Å². The molecule has 0 saturated carbocycles. The molecule has 0 bridgehead atoms.